The molecule has 28 heavy (non-hydrogen) atoms. The van der Waals surface area contributed by atoms with E-state index in [1.807, 2.05) is 0 Å². The number of aryl methyl sites for hydroxylation is 1. The number of carbonyl (C=O) groups excluding carboxylic acids is 1. The lowest BCUT2D eigenvalue weighted by Gasteiger charge is -2.07. The Bertz CT molecular complexity index is 979. The first-order chi connectivity index (χ1) is 13.4. The number of benzene rings is 2. The molecule has 3 N–H and O–H groups in total. The number of nitrogens with two attached hydrogens (primary N) is 1. The summed E-state index contributed by atoms with van der Waals surface area (Å²) in [7, 11) is 0. The van der Waals surface area contributed by atoms with Crippen molar-refractivity contribution in [3.63, 3.8) is 0 Å². The minimum absolute atomic E-state index is 0.0175. The fourth-order valence-electron chi connectivity index (χ4n) is 2.18. The standard InChI is InChI=1S/C18H17F2N5O2S/c1-11-2-5-13(8-15(11)20)22-17(26)10-28-18-24-23-16(25(18)21)9-27-14-6-3-12(19)4-7-14/h2-8H,9-10,21H2,1H3,(H,22,26). The Morgan fingerprint density at radius 2 is 1.96 bits per heavy atom. The molecule has 1 heterocycles. The Morgan fingerprint density at radius 3 is 2.68 bits per heavy atom. The second-order valence-electron chi connectivity index (χ2n) is 5.81. The average Bonchev–Trinajstić information content (AvgIpc) is 3.02. The Hall–Kier alpha value is -3.14. The molecule has 3 rings (SSSR count). The molecule has 2 aromatic carbocycles. The van der Waals surface area contributed by atoms with Gasteiger partial charge in [-0.05, 0) is 48.9 Å². The lowest BCUT2D eigenvalue weighted by atomic mass is 10.2. The zero-order chi connectivity index (χ0) is 20.1. The van der Waals surface area contributed by atoms with E-state index >= 15 is 0 Å². The van der Waals surface area contributed by atoms with Gasteiger partial charge in [0.05, 0.1) is 5.75 Å². The molecule has 0 unspecified atom stereocenters. The molecule has 0 spiro atoms. The highest BCUT2D eigenvalue weighted by atomic mass is 32.2. The molecule has 1 amide bonds. The van der Waals surface area contributed by atoms with Crippen LogP contribution in [0.3, 0.4) is 0 Å². The highest BCUT2D eigenvalue weighted by Gasteiger charge is 2.13. The fraction of sp³-hybridized carbons (Fsp3) is 0.167. The molecular weight excluding hydrogens is 388 g/mol. The van der Waals surface area contributed by atoms with Gasteiger partial charge in [-0.25, -0.2) is 13.5 Å². The van der Waals surface area contributed by atoms with Crippen LogP contribution < -0.4 is 15.9 Å². The summed E-state index contributed by atoms with van der Waals surface area (Å²) in [6, 6.07) is 10.00. The molecule has 0 aliphatic carbocycles. The van der Waals surface area contributed by atoms with Crippen LogP contribution >= 0.6 is 11.8 Å². The number of anilines is 1. The summed E-state index contributed by atoms with van der Waals surface area (Å²) in [5, 5.41) is 10.8. The maximum Gasteiger partial charge on any atom is 0.234 e. The van der Waals surface area contributed by atoms with Gasteiger partial charge in [0.25, 0.3) is 0 Å². The van der Waals surface area contributed by atoms with E-state index in [4.69, 9.17) is 10.6 Å². The van der Waals surface area contributed by atoms with E-state index in [0.717, 1.165) is 11.8 Å². The Labute approximate surface area is 163 Å². The molecule has 0 saturated heterocycles. The molecule has 7 nitrogen and oxygen atoms in total. The van der Waals surface area contributed by atoms with Crippen LogP contribution in [0.1, 0.15) is 11.4 Å². The predicted molar refractivity (Wildman–Crippen MR) is 101 cm³/mol. The summed E-state index contributed by atoms with van der Waals surface area (Å²) in [5.41, 5.74) is 0.871. The van der Waals surface area contributed by atoms with Crippen LogP contribution in [0, 0.1) is 18.6 Å². The molecule has 0 aliphatic heterocycles. The number of halogens is 2. The summed E-state index contributed by atoms with van der Waals surface area (Å²) in [6.45, 7) is 1.67. The van der Waals surface area contributed by atoms with Crippen molar-refractivity contribution in [3.05, 3.63) is 65.5 Å². The Balaban J connectivity index is 1.52. The lowest BCUT2D eigenvalue weighted by molar-refractivity contribution is -0.113. The maximum atomic E-state index is 13.5. The highest BCUT2D eigenvalue weighted by molar-refractivity contribution is 7.99. The summed E-state index contributed by atoms with van der Waals surface area (Å²) in [6.07, 6.45) is 0. The molecule has 3 aromatic rings. The second kappa shape index (κ2) is 8.70. The Morgan fingerprint density at radius 1 is 1.21 bits per heavy atom. The summed E-state index contributed by atoms with van der Waals surface area (Å²) in [4.78, 5) is 12.0. The van der Waals surface area contributed by atoms with Crippen LogP contribution in [-0.2, 0) is 11.4 Å². The largest absolute Gasteiger partial charge is 0.486 e. The summed E-state index contributed by atoms with van der Waals surface area (Å²) in [5.74, 6) is 5.65. The van der Waals surface area contributed by atoms with Crippen molar-refractivity contribution < 1.29 is 18.3 Å². The number of nitrogens with zero attached hydrogens (tertiary/aromatic N) is 3. The van der Waals surface area contributed by atoms with E-state index in [0.29, 0.717) is 28.0 Å². The number of rotatable bonds is 7. The van der Waals surface area contributed by atoms with E-state index in [1.165, 1.54) is 35.0 Å². The molecule has 0 saturated carbocycles. The van der Waals surface area contributed by atoms with Crippen molar-refractivity contribution in [1.82, 2.24) is 14.9 Å². The van der Waals surface area contributed by atoms with Crippen LogP contribution in [0.25, 0.3) is 0 Å². The topological polar surface area (TPSA) is 95.1 Å². The number of amides is 1. The van der Waals surface area contributed by atoms with Crippen LogP contribution in [0.2, 0.25) is 0 Å². The van der Waals surface area contributed by atoms with Gasteiger partial charge in [0.1, 0.15) is 24.0 Å². The number of aromatic nitrogens is 3. The quantitative estimate of drug-likeness (QED) is 0.464. The molecule has 146 valence electrons. The van der Waals surface area contributed by atoms with Gasteiger partial charge in [0, 0.05) is 5.69 Å². The minimum Gasteiger partial charge on any atom is -0.486 e. The fourth-order valence-corrected chi connectivity index (χ4v) is 2.86. The number of carbonyl (C=O) groups is 1. The molecule has 1 aromatic heterocycles. The van der Waals surface area contributed by atoms with Gasteiger partial charge in [-0.2, -0.15) is 0 Å². The predicted octanol–water partition coefficient (Wildman–Crippen LogP) is 2.89. The van der Waals surface area contributed by atoms with E-state index in [-0.39, 0.29) is 24.1 Å². The monoisotopic (exact) mass is 405 g/mol. The zero-order valence-electron chi connectivity index (χ0n) is 14.9. The Kier molecular flexibility index (Phi) is 6.09. The third-order valence-corrected chi connectivity index (χ3v) is 4.65. The highest BCUT2D eigenvalue weighted by Crippen LogP contribution is 2.18. The summed E-state index contributed by atoms with van der Waals surface area (Å²) >= 11 is 1.08. The third kappa shape index (κ3) is 4.97. The lowest BCUT2D eigenvalue weighted by Crippen LogP contribution is -2.18. The molecular formula is C18H17F2N5O2S. The van der Waals surface area contributed by atoms with Crippen LogP contribution in [-0.4, -0.2) is 26.5 Å². The van der Waals surface area contributed by atoms with Gasteiger partial charge in [0.15, 0.2) is 5.82 Å². The van der Waals surface area contributed by atoms with Crippen molar-refractivity contribution in [2.45, 2.75) is 18.7 Å². The second-order valence-corrected chi connectivity index (χ2v) is 6.75. The molecule has 0 radical (unpaired) electrons. The minimum atomic E-state index is -0.391. The molecule has 10 heteroatoms. The van der Waals surface area contributed by atoms with Crippen molar-refractivity contribution in [2.24, 2.45) is 0 Å². The smallest absolute Gasteiger partial charge is 0.234 e. The maximum absolute atomic E-state index is 13.5. The first kappa shape index (κ1) is 19.6. The van der Waals surface area contributed by atoms with E-state index in [1.54, 1.807) is 19.1 Å². The normalized spacial score (nSPS) is 10.7. The molecule has 0 bridgehead atoms. The number of hydrogen-bond acceptors (Lipinski definition) is 6. The molecule has 0 aliphatic rings. The van der Waals surface area contributed by atoms with E-state index in [9.17, 15) is 13.6 Å². The number of ether oxygens (including phenoxy) is 1. The van der Waals surface area contributed by atoms with Crippen molar-refractivity contribution in [1.29, 1.82) is 0 Å². The summed E-state index contributed by atoms with van der Waals surface area (Å²) < 4.78 is 33.1. The van der Waals surface area contributed by atoms with Gasteiger partial charge in [0.2, 0.25) is 11.1 Å². The molecule has 0 atom stereocenters. The van der Waals surface area contributed by atoms with Gasteiger partial charge in [-0.15, -0.1) is 10.2 Å². The van der Waals surface area contributed by atoms with Gasteiger partial charge in [-0.1, -0.05) is 17.8 Å². The third-order valence-electron chi connectivity index (χ3n) is 3.70. The van der Waals surface area contributed by atoms with Gasteiger partial charge in [-0.3, -0.25) is 4.79 Å². The van der Waals surface area contributed by atoms with Gasteiger partial charge < -0.3 is 15.9 Å². The van der Waals surface area contributed by atoms with Crippen molar-refractivity contribution >= 4 is 23.4 Å². The van der Waals surface area contributed by atoms with E-state index < -0.39 is 5.82 Å². The number of nitrogen functional groups attached to an aromatic ring is 1. The SMILES string of the molecule is Cc1ccc(NC(=O)CSc2nnc(COc3ccc(F)cc3)n2N)cc1F. The number of thioether (sulfide) groups is 1. The van der Waals surface area contributed by atoms with Gasteiger partial charge >= 0.3 is 0 Å². The number of hydrogen-bond donors (Lipinski definition) is 2. The first-order valence-corrected chi connectivity index (χ1v) is 9.17. The molecule has 0 fully saturated rings. The van der Waals surface area contributed by atoms with Crippen molar-refractivity contribution in [2.75, 3.05) is 16.9 Å². The zero-order valence-corrected chi connectivity index (χ0v) is 15.7. The van der Waals surface area contributed by atoms with Crippen LogP contribution in [0.4, 0.5) is 14.5 Å². The van der Waals surface area contributed by atoms with Crippen molar-refractivity contribution in [3.8, 4) is 5.75 Å². The first-order valence-electron chi connectivity index (χ1n) is 8.19. The average molecular weight is 405 g/mol. The van der Waals surface area contributed by atoms with E-state index in [2.05, 4.69) is 15.5 Å². The number of nitrogens with one attached hydrogen (secondary N) is 1. The van der Waals surface area contributed by atoms with Crippen LogP contribution in [0.5, 0.6) is 5.75 Å². The van der Waals surface area contributed by atoms with Crippen LogP contribution in [0.15, 0.2) is 47.6 Å².